The Bertz CT molecular complexity index is 1390. The number of ether oxygens (including phenoxy) is 1. The standard InChI is InChI=1S/C28H33N3O3S/c1-17-23(26(33)34-7)24(19-10-12-20(13-11-19)28(2,3)4)31-25(32)22(35-27(31)29-17)16-18-8-14-21(15-9-18)30(5)6/h8-17,23-24H,1-7H3/b22-16+. The Morgan fingerprint density at radius 2 is 1.71 bits per heavy atom. The number of hydrogen-bond acceptors (Lipinski definition) is 6. The molecule has 3 aromatic rings. The minimum Gasteiger partial charge on any atom is -0.469 e. The SMILES string of the molecule is COC(=O)C1C(C)N=c2s/c(=C/c3ccc(N(C)C)cc3)c(=O)n2C1c1ccc(C(C)(C)C)cc1. The molecule has 0 fully saturated rings. The van der Waals surface area contributed by atoms with Crippen LogP contribution in [-0.2, 0) is 14.9 Å². The number of esters is 1. The Labute approximate surface area is 210 Å². The average Bonchev–Trinajstić information content (AvgIpc) is 3.12. The van der Waals surface area contributed by atoms with E-state index in [1.54, 1.807) is 4.57 Å². The van der Waals surface area contributed by atoms with E-state index in [9.17, 15) is 9.59 Å². The molecule has 0 radical (unpaired) electrons. The molecule has 0 spiro atoms. The molecule has 0 aliphatic carbocycles. The Kier molecular flexibility index (Phi) is 6.73. The molecule has 7 heteroatoms. The molecule has 1 aromatic heterocycles. The van der Waals surface area contributed by atoms with Gasteiger partial charge in [-0.25, -0.2) is 0 Å². The lowest BCUT2D eigenvalue weighted by atomic mass is 9.83. The molecule has 0 saturated heterocycles. The van der Waals surface area contributed by atoms with Gasteiger partial charge in [0.05, 0.1) is 23.7 Å². The van der Waals surface area contributed by atoms with Gasteiger partial charge in [-0.2, -0.15) is 0 Å². The van der Waals surface area contributed by atoms with Crippen LogP contribution < -0.4 is 19.8 Å². The van der Waals surface area contributed by atoms with Crippen molar-refractivity contribution in [1.29, 1.82) is 0 Å². The summed E-state index contributed by atoms with van der Waals surface area (Å²) in [5.41, 5.74) is 3.99. The zero-order valence-corrected chi connectivity index (χ0v) is 22.2. The summed E-state index contributed by atoms with van der Waals surface area (Å²) in [5.74, 6) is -0.952. The fraction of sp³-hybridized carbons (Fsp3) is 0.393. The number of thiazole rings is 1. The maximum atomic E-state index is 13.7. The molecule has 1 aliphatic heterocycles. The largest absolute Gasteiger partial charge is 0.469 e. The Morgan fingerprint density at radius 3 is 2.26 bits per heavy atom. The van der Waals surface area contributed by atoms with Crippen LogP contribution in [0.25, 0.3) is 6.08 Å². The van der Waals surface area contributed by atoms with Gasteiger partial charge in [-0.15, -0.1) is 0 Å². The van der Waals surface area contributed by atoms with Crippen LogP contribution >= 0.6 is 11.3 Å². The number of benzene rings is 2. The van der Waals surface area contributed by atoms with Gasteiger partial charge >= 0.3 is 5.97 Å². The van der Waals surface area contributed by atoms with E-state index in [0.717, 1.165) is 16.8 Å². The first-order valence-corrected chi connectivity index (χ1v) is 12.6. The number of aromatic nitrogens is 1. The van der Waals surface area contributed by atoms with Crippen molar-refractivity contribution in [3.05, 3.63) is 84.9 Å². The smallest absolute Gasteiger partial charge is 0.313 e. The van der Waals surface area contributed by atoms with Gasteiger partial charge in [-0.3, -0.25) is 19.1 Å². The van der Waals surface area contributed by atoms with E-state index < -0.39 is 12.0 Å². The maximum absolute atomic E-state index is 13.7. The van der Waals surface area contributed by atoms with Crippen LogP contribution in [0.1, 0.15) is 50.4 Å². The van der Waals surface area contributed by atoms with Gasteiger partial charge in [0.1, 0.15) is 5.92 Å². The number of carbonyl (C=O) groups is 1. The molecule has 2 aromatic carbocycles. The summed E-state index contributed by atoms with van der Waals surface area (Å²) in [4.78, 5) is 34.0. The lowest BCUT2D eigenvalue weighted by molar-refractivity contribution is -0.147. The van der Waals surface area contributed by atoms with Crippen molar-refractivity contribution >= 4 is 29.1 Å². The van der Waals surface area contributed by atoms with Gasteiger partial charge < -0.3 is 9.64 Å². The molecule has 0 bridgehead atoms. The molecular weight excluding hydrogens is 458 g/mol. The monoisotopic (exact) mass is 491 g/mol. The van der Waals surface area contributed by atoms with Crippen molar-refractivity contribution in [2.24, 2.45) is 10.9 Å². The highest BCUT2D eigenvalue weighted by molar-refractivity contribution is 7.07. The van der Waals surface area contributed by atoms with Crippen LogP contribution in [0, 0.1) is 5.92 Å². The molecule has 6 nitrogen and oxygen atoms in total. The van der Waals surface area contributed by atoms with E-state index in [-0.39, 0.29) is 23.0 Å². The number of hydrogen-bond donors (Lipinski definition) is 0. The van der Waals surface area contributed by atoms with Crippen molar-refractivity contribution in [2.75, 3.05) is 26.1 Å². The van der Waals surface area contributed by atoms with Gasteiger partial charge in [-0.1, -0.05) is 68.5 Å². The maximum Gasteiger partial charge on any atom is 0.313 e. The molecule has 0 saturated carbocycles. The Hall–Kier alpha value is -3.19. The third-order valence-electron chi connectivity index (χ3n) is 6.59. The number of fused-ring (bicyclic) bond motifs is 1. The van der Waals surface area contributed by atoms with E-state index in [1.165, 1.54) is 24.0 Å². The van der Waals surface area contributed by atoms with Crippen LogP contribution in [-0.4, -0.2) is 37.8 Å². The third-order valence-corrected chi connectivity index (χ3v) is 7.58. The van der Waals surface area contributed by atoms with Crippen molar-refractivity contribution < 1.29 is 9.53 Å². The van der Waals surface area contributed by atoms with Crippen LogP contribution in [0.3, 0.4) is 0 Å². The fourth-order valence-corrected chi connectivity index (χ4v) is 5.61. The molecule has 4 rings (SSSR count). The van der Waals surface area contributed by atoms with Crippen LogP contribution in [0.15, 0.2) is 58.3 Å². The van der Waals surface area contributed by atoms with E-state index in [2.05, 4.69) is 32.9 Å². The van der Waals surface area contributed by atoms with E-state index in [4.69, 9.17) is 9.73 Å². The molecule has 1 aliphatic rings. The minimum absolute atomic E-state index is 0.00408. The summed E-state index contributed by atoms with van der Waals surface area (Å²) in [6.07, 6.45) is 1.89. The van der Waals surface area contributed by atoms with Crippen LogP contribution in [0.5, 0.6) is 0 Å². The zero-order valence-electron chi connectivity index (χ0n) is 21.4. The first-order chi connectivity index (χ1) is 16.5. The van der Waals surface area contributed by atoms with Gasteiger partial charge in [-0.05, 0) is 47.2 Å². The second-order valence-corrected chi connectivity index (χ2v) is 11.3. The molecule has 184 valence electrons. The zero-order chi connectivity index (χ0) is 25.5. The average molecular weight is 492 g/mol. The lowest BCUT2D eigenvalue weighted by Gasteiger charge is -2.32. The van der Waals surface area contributed by atoms with Gasteiger partial charge in [0.15, 0.2) is 4.80 Å². The molecule has 3 unspecified atom stereocenters. The summed E-state index contributed by atoms with van der Waals surface area (Å²) in [6.45, 7) is 8.40. The van der Waals surface area contributed by atoms with Crippen molar-refractivity contribution in [3.8, 4) is 0 Å². The number of rotatable bonds is 4. The highest BCUT2D eigenvalue weighted by Crippen LogP contribution is 2.33. The Morgan fingerprint density at radius 1 is 1.09 bits per heavy atom. The normalized spacial score (nSPS) is 20.2. The van der Waals surface area contributed by atoms with Gasteiger partial charge in [0.25, 0.3) is 5.56 Å². The molecule has 3 atom stereocenters. The van der Waals surface area contributed by atoms with E-state index in [1.807, 2.05) is 68.4 Å². The highest BCUT2D eigenvalue weighted by Gasteiger charge is 2.40. The highest BCUT2D eigenvalue weighted by atomic mass is 32.1. The number of nitrogens with zero attached hydrogens (tertiary/aromatic N) is 3. The topological polar surface area (TPSA) is 63.9 Å². The van der Waals surface area contributed by atoms with E-state index >= 15 is 0 Å². The number of methoxy groups -OCH3 is 1. The Balaban J connectivity index is 1.87. The molecule has 0 amide bonds. The molecule has 2 heterocycles. The van der Waals surface area contributed by atoms with Crippen molar-refractivity contribution in [3.63, 3.8) is 0 Å². The first kappa shape index (κ1) is 24.9. The second kappa shape index (κ2) is 9.46. The summed E-state index contributed by atoms with van der Waals surface area (Å²) in [6, 6.07) is 15.4. The van der Waals surface area contributed by atoms with Gasteiger partial charge in [0.2, 0.25) is 0 Å². The molecule has 0 N–H and O–H groups in total. The van der Waals surface area contributed by atoms with Crippen molar-refractivity contribution in [2.45, 2.75) is 45.2 Å². The quantitative estimate of drug-likeness (QED) is 0.524. The van der Waals surface area contributed by atoms with Crippen LogP contribution in [0.4, 0.5) is 5.69 Å². The second-order valence-electron chi connectivity index (χ2n) is 10.3. The predicted molar refractivity (Wildman–Crippen MR) is 142 cm³/mol. The summed E-state index contributed by atoms with van der Waals surface area (Å²) < 4.78 is 7.43. The summed E-state index contributed by atoms with van der Waals surface area (Å²) in [5, 5.41) is 0. The fourth-order valence-electron chi connectivity index (χ4n) is 4.52. The predicted octanol–water partition coefficient (Wildman–Crippen LogP) is 3.50. The van der Waals surface area contributed by atoms with Crippen molar-refractivity contribution in [1.82, 2.24) is 4.57 Å². The van der Waals surface area contributed by atoms with E-state index in [0.29, 0.717) is 9.33 Å². The summed E-state index contributed by atoms with van der Waals surface area (Å²) >= 11 is 1.36. The summed E-state index contributed by atoms with van der Waals surface area (Å²) in [7, 11) is 5.37. The number of anilines is 1. The molecule has 35 heavy (non-hydrogen) atoms. The lowest BCUT2D eigenvalue weighted by Crippen LogP contribution is -2.47. The third kappa shape index (κ3) is 4.82. The molecular formula is C28H33N3O3S. The number of carbonyl (C=O) groups excluding carboxylic acids is 1. The van der Waals surface area contributed by atoms with Gasteiger partial charge in [0, 0.05) is 19.8 Å². The first-order valence-electron chi connectivity index (χ1n) is 11.8. The minimum atomic E-state index is -0.590. The van der Waals surface area contributed by atoms with Crippen LogP contribution in [0.2, 0.25) is 0 Å².